The predicted octanol–water partition coefficient (Wildman–Crippen LogP) is 6.90. The summed E-state index contributed by atoms with van der Waals surface area (Å²) in [5.41, 5.74) is 7.00. The highest BCUT2D eigenvalue weighted by molar-refractivity contribution is 5.80. The van der Waals surface area contributed by atoms with Crippen molar-refractivity contribution in [2.24, 2.45) is 0 Å². The Morgan fingerprint density at radius 2 is 0.926 bits per heavy atom. The van der Waals surface area contributed by atoms with E-state index in [9.17, 15) is 5.11 Å². The molecule has 4 aromatic carbocycles. The molecular weight excluding hydrogens is 328 g/mol. The summed E-state index contributed by atoms with van der Waals surface area (Å²) in [4.78, 5) is 0. The van der Waals surface area contributed by atoms with E-state index in [1.165, 1.54) is 22.3 Å². The average molecular weight is 348 g/mol. The molecule has 0 aromatic heterocycles. The number of hydrogen-bond acceptors (Lipinski definition) is 1. The molecule has 0 heterocycles. The van der Waals surface area contributed by atoms with E-state index in [0.29, 0.717) is 0 Å². The van der Waals surface area contributed by atoms with Crippen molar-refractivity contribution in [3.05, 3.63) is 114 Å². The minimum Gasteiger partial charge on any atom is -0.508 e. The van der Waals surface area contributed by atoms with Gasteiger partial charge in [0.25, 0.3) is 0 Å². The Balaban J connectivity index is 1.77. The molecule has 0 aliphatic heterocycles. The van der Waals surface area contributed by atoms with Crippen LogP contribution >= 0.6 is 0 Å². The maximum Gasteiger partial charge on any atom is 0.115 e. The highest BCUT2D eigenvalue weighted by Crippen LogP contribution is 2.29. The summed E-state index contributed by atoms with van der Waals surface area (Å²) >= 11 is 0. The van der Waals surface area contributed by atoms with E-state index in [-0.39, 0.29) is 5.75 Å². The standard InChI is InChI=1S/C26H20O/c27-26-15-13-20(14-16-26)11-12-21-17-24(22-7-3-1-4-8-22)19-25(18-21)23-9-5-2-6-10-23/h1-19,27H/b12-11+. The fraction of sp³-hybridized carbons (Fsp3) is 0. The molecule has 0 spiro atoms. The van der Waals surface area contributed by atoms with Crippen LogP contribution in [0.25, 0.3) is 34.4 Å². The molecule has 0 radical (unpaired) electrons. The van der Waals surface area contributed by atoms with Gasteiger partial charge in [-0.1, -0.05) is 84.9 Å². The smallest absolute Gasteiger partial charge is 0.115 e. The Morgan fingerprint density at radius 1 is 0.444 bits per heavy atom. The second kappa shape index (κ2) is 7.76. The summed E-state index contributed by atoms with van der Waals surface area (Å²) in [6.45, 7) is 0. The highest BCUT2D eigenvalue weighted by atomic mass is 16.3. The van der Waals surface area contributed by atoms with Gasteiger partial charge in [-0.15, -0.1) is 0 Å². The first-order valence-electron chi connectivity index (χ1n) is 9.01. The predicted molar refractivity (Wildman–Crippen MR) is 114 cm³/mol. The van der Waals surface area contributed by atoms with Crippen LogP contribution in [-0.4, -0.2) is 5.11 Å². The molecule has 0 saturated carbocycles. The van der Waals surface area contributed by atoms with Crippen molar-refractivity contribution >= 4 is 12.2 Å². The van der Waals surface area contributed by atoms with Gasteiger partial charge in [0.15, 0.2) is 0 Å². The van der Waals surface area contributed by atoms with Crippen LogP contribution in [0.5, 0.6) is 5.75 Å². The first kappa shape index (κ1) is 16.9. The zero-order valence-corrected chi connectivity index (χ0v) is 14.9. The van der Waals surface area contributed by atoms with E-state index < -0.39 is 0 Å². The second-order valence-electron chi connectivity index (χ2n) is 6.50. The van der Waals surface area contributed by atoms with Crippen molar-refractivity contribution in [3.63, 3.8) is 0 Å². The van der Waals surface area contributed by atoms with Crippen molar-refractivity contribution < 1.29 is 5.11 Å². The van der Waals surface area contributed by atoms with Crippen LogP contribution in [0.4, 0.5) is 0 Å². The molecule has 1 N–H and O–H groups in total. The molecule has 0 aliphatic carbocycles. The van der Waals surface area contributed by atoms with Crippen LogP contribution in [0.2, 0.25) is 0 Å². The van der Waals surface area contributed by atoms with Gasteiger partial charge in [-0.25, -0.2) is 0 Å². The van der Waals surface area contributed by atoms with Gasteiger partial charge in [0.1, 0.15) is 5.75 Å². The van der Waals surface area contributed by atoms with Gasteiger partial charge in [-0.2, -0.15) is 0 Å². The fourth-order valence-electron chi connectivity index (χ4n) is 3.12. The SMILES string of the molecule is Oc1ccc(/C=C/c2cc(-c3ccccc3)cc(-c3ccccc3)c2)cc1. The van der Waals surface area contributed by atoms with Crippen LogP contribution in [-0.2, 0) is 0 Å². The number of rotatable bonds is 4. The van der Waals surface area contributed by atoms with E-state index in [0.717, 1.165) is 11.1 Å². The molecule has 27 heavy (non-hydrogen) atoms. The average Bonchev–Trinajstić information content (AvgIpc) is 2.74. The van der Waals surface area contributed by atoms with Crippen LogP contribution in [0.15, 0.2) is 103 Å². The van der Waals surface area contributed by atoms with Crippen molar-refractivity contribution in [2.75, 3.05) is 0 Å². The molecule has 0 bridgehead atoms. The third-order valence-electron chi connectivity index (χ3n) is 4.53. The quantitative estimate of drug-likeness (QED) is 0.398. The molecule has 0 unspecified atom stereocenters. The summed E-state index contributed by atoms with van der Waals surface area (Å²) in [5, 5.41) is 9.44. The Kier molecular flexibility index (Phi) is 4.84. The van der Waals surface area contributed by atoms with Crippen molar-refractivity contribution in [1.29, 1.82) is 0 Å². The molecule has 0 aliphatic rings. The Hall–Kier alpha value is -3.58. The summed E-state index contributed by atoms with van der Waals surface area (Å²) in [7, 11) is 0. The van der Waals surface area contributed by atoms with Crippen LogP contribution in [0, 0.1) is 0 Å². The van der Waals surface area contributed by atoms with Gasteiger partial charge in [-0.3, -0.25) is 0 Å². The van der Waals surface area contributed by atoms with Crippen LogP contribution in [0.1, 0.15) is 11.1 Å². The third-order valence-corrected chi connectivity index (χ3v) is 4.53. The molecule has 4 aromatic rings. The van der Waals surface area contributed by atoms with E-state index in [2.05, 4.69) is 78.9 Å². The van der Waals surface area contributed by atoms with E-state index >= 15 is 0 Å². The monoisotopic (exact) mass is 348 g/mol. The fourth-order valence-corrected chi connectivity index (χ4v) is 3.12. The molecular formula is C26H20O. The lowest BCUT2D eigenvalue weighted by Gasteiger charge is -2.09. The Morgan fingerprint density at radius 3 is 1.44 bits per heavy atom. The van der Waals surface area contributed by atoms with Gasteiger partial charge in [0.2, 0.25) is 0 Å². The summed E-state index contributed by atoms with van der Waals surface area (Å²) in [6.07, 6.45) is 4.18. The zero-order chi connectivity index (χ0) is 18.5. The second-order valence-corrected chi connectivity index (χ2v) is 6.50. The lowest BCUT2D eigenvalue weighted by Crippen LogP contribution is -1.84. The summed E-state index contributed by atoms with van der Waals surface area (Å²) in [5.74, 6) is 0.282. The normalized spacial score (nSPS) is 11.0. The number of phenols is 1. The van der Waals surface area contributed by atoms with Gasteiger partial charge >= 0.3 is 0 Å². The van der Waals surface area contributed by atoms with Gasteiger partial charge in [-0.05, 0) is 63.7 Å². The van der Waals surface area contributed by atoms with Crippen molar-refractivity contribution in [2.45, 2.75) is 0 Å². The number of aromatic hydroxyl groups is 1. The van der Waals surface area contributed by atoms with Crippen LogP contribution in [0.3, 0.4) is 0 Å². The molecule has 130 valence electrons. The third kappa shape index (κ3) is 4.16. The Labute approximate surface area is 159 Å². The van der Waals surface area contributed by atoms with E-state index in [1.807, 2.05) is 24.3 Å². The minimum atomic E-state index is 0.282. The van der Waals surface area contributed by atoms with Crippen LogP contribution < -0.4 is 0 Å². The summed E-state index contributed by atoms with van der Waals surface area (Å²) < 4.78 is 0. The first-order chi connectivity index (χ1) is 13.3. The highest BCUT2D eigenvalue weighted by Gasteiger charge is 2.04. The molecule has 0 atom stereocenters. The minimum absolute atomic E-state index is 0.282. The maximum absolute atomic E-state index is 9.44. The van der Waals surface area contributed by atoms with Gasteiger partial charge < -0.3 is 5.11 Å². The topological polar surface area (TPSA) is 20.2 Å². The molecule has 1 heteroatoms. The molecule has 0 saturated heterocycles. The molecule has 4 rings (SSSR count). The summed E-state index contributed by atoms with van der Waals surface area (Å²) in [6, 6.07) is 34.8. The zero-order valence-electron chi connectivity index (χ0n) is 14.9. The largest absolute Gasteiger partial charge is 0.508 e. The van der Waals surface area contributed by atoms with Gasteiger partial charge in [0, 0.05) is 0 Å². The van der Waals surface area contributed by atoms with E-state index in [4.69, 9.17) is 0 Å². The van der Waals surface area contributed by atoms with Crippen molar-refractivity contribution in [1.82, 2.24) is 0 Å². The lowest BCUT2D eigenvalue weighted by molar-refractivity contribution is 0.475. The molecule has 1 nitrogen and oxygen atoms in total. The maximum atomic E-state index is 9.44. The van der Waals surface area contributed by atoms with Gasteiger partial charge in [0.05, 0.1) is 0 Å². The number of hydrogen-bond donors (Lipinski definition) is 1. The number of benzene rings is 4. The molecule has 0 amide bonds. The number of phenolic OH excluding ortho intramolecular Hbond substituents is 1. The first-order valence-corrected chi connectivity index (χ1v) is 9.01. The lowest BCUT2D eigenvalue weighted by atomic mass is 9.96. The van der Waals surface area contributed by atoms with Crippen molar-refractivity contribution in [3.8, 4) is 28.0 Å². The Bertz CT molecular complexity index is 989. The molecule has 0 fully saturated rings. The van der Waals surface area contributed by atoms with E-state index in [1.54, 1.807) is 12.1 Å².